The smallest absolute Gasteiger partial charge is 0.379 e. The highest BCUT2D eigenvalue weighted by atomic mass is 35.5. The number of rotatable bonds is 4. The van der Waals surface area contributed by atoms with Crippen molar-refractivity contribution in [1.29, 1.82) is 0 Å². The Bertz CT molecular complexity index is 434. The van der Waals surface area contributed by atoms with Crippen LogP contribution in [0, 0.1) is 0 Å². The summed E-state index contributed by atoms with van der Waals surface area (Å²) in [6.45, 7) is 1.27. The van der Waals surface area contributed by atoms with E-state index < -0.39 is 17.9 Å². The zero-order valence-corrected chi connectivity index (χ0v) is 10.9. The lowest BCUT2D eigenvalue weighted by Crippen LogP contribution is -2.41. The fourth-order valence-electron chi connectivity index (χ4n) is 1.32. The molecule has 0 aliphatic carbocycles. The van der Waals surface area contributed by atoms with Gasteiger partial charge in [0, 0.05) is 10.0 Å². The van der Waals surface area contributed by atoms with Crippen LogP contribution in [0.3, 0.4) is 0 Å². The van der Waals surface area contributed by atoms with Gasteiger partial charge in [-0.05, 0) is 30.7 Å². The molecule has 0 saturated heterocycles. The standard InChI is InChI=1S/C11H11Cl2F2NO2/c1-2-18-10(17)11(14,15)9(16)6-3-7(12)5-8(13)4-6/h3-5,9H,2,16H2,1H3/t9-/m1/s1. The largest absolute Gasteiger partial charge is 0.462 e. The van der Waals surface area contributed by atoms with Gasteiger partial charge < -0.3 is 10.5 Å². The van der Waals surface area contributed by atoms with Crippen molar-refractivity contribution in [3.63, 3.8) is 0 Å². The molecule has 0 unspecified atom stereocenters. The second kappa shape index (κ2) is 5.82. The predicted octanol–water partition coefficient (Wildman–Crippen LogP) is 3.19. The average molecular weight is 298 g/mol. The van der Waals surface area contributed by atoms with Crippen molar-refractivity contribution < 1.29 is 18.3 Å². The summed E-state index contributed by atoms with van der Waals surface area (Å²) in [5.41, 5.74) is 5.34. The molecule has 0 radical (unpaired) electrons. The minimum Gasteiger partial charge on any atom is -0.462 e. The van der Waals surface area contributed by atoms with Crippen LogP contribution in [-0.4, -0.2) is 18.5 Å². The van der Waals surface area contributed by atoms with E-state index in [1.807, 2.05) is 0 Å². The molecule has 100 valence electrons. The first-order valence-electron chi connectivity index (χ1n) is 5.05. The van der Waals surface area contributed by atoms with Gasteiger partial charge in [-0.1, -0.05) is 23.2 Å². The lowest BCUT2D eigenvalue weighted by Gasteiger charge is -2.22. The first kappa shape index (κ1) is 15.1. The number of ether oxygens (including phenoxy) is 1. The molecule has 0 aliphatic rings. The number of halogens is 4. The van der Waals surface area contributed by atoms with Crippen LogP contribution in [0.4, 0.5) is 8.78 Å². The maximum absolute atomic E-state index is 13.7. The van der Waals surface area contributed by atoms with Crippen molar-refractivity contribution in [1.82, 2.24) is 0 Å². The maximum Gasteiger partial charge on any atom is 0.379 e. The van der Waals surface area contributed by atoms with E-state index in [0.717, 1.165) is 0 Å². The summed E-state index contributed by atoms with van der Waals surface area (Å²) in [7, 11) is 0. The van der Waals surface area contributed by atoms with Gasteiger partial charge in [0.05, 0.1) is 6.61 Å². The van der Waals surface area contributed by atoms with Gasteiger partial charge in [0.15, 0.2) is 0 Å². The zero-order valence-electron chi connectivity index (χ0n) is 9.42. The Labute approximate surface area is 113 Å². The van der Waals surface area contributed by atoms with E-state index in [9.17, 15) is 13.6 Å². The fraction of sp³-hybridized carbons (Fsp3) is 0.364. The molecule has 0 bridgehead atoms. The third-order valence-corrected chi connectivity index (χ3v) is 2.62. The quantitative estimate of drug-likeness (QED) is 0.868. The Morgan fingerprint density at radius 1 is 1.39 bits per heavy atom. The second-order valence-corrected chi connectivity index (χ2v) is 4.40. The maximum atomic E-state index is 13.7. The van der Waals surface area contributed by atoms with Crippen LogP contribution in [0.2, 0.25) is 10.0 Å². The minimum absolute atomic E-state index is 0.0365. The molecule has 2 N–H and O–H groups in total. The topological polar surface area (TPSA) is 52.3 Å². The number of benzene rings is 1. The monoisotopic (exact) mass is 297 g/mol. The summed E-state index contributed by atoms with van der Waals surface area (Å²) in [4.78, 5) is 11.1. The Kier molecular flexibility index (Phi) is 4.90. The predicted molar refractivity (Wildman–Crippen MR) is 65.0 cm³/mol. The summed E-state index contributed by atoms with van der Waals surface area (Å²) in [6.07, 6.45) is 0. The number of alkyl halides is 2. The molecular weight excluding hydrogens is 287 g/mol. The molecule has 0 saturated carbocycles. The number of nitrogens with two attached hydrogens (primary N) is 1. The highest BCUT2D eigenvalue weighted by Crippen LogP contribution is 2.33. The highest BCUT2D eigenvalue weighted by molar-refractivity contribution is 6.34. The van der Waals surface area contributed by atoms with E-state index in [-0.39, 0.29) is 22.2 Å². The van der Waals surface area contributed by atoms with Crippen LogP contribution in [0.1, 0.15) is 18.5 Å². The van der Waals surface area contributed by atoms with Crippen molar-refractivity contribution in [3.05, 3.63) is 33.8 Å². The van der Waals surface area contributed by atoms with Gasteiger partial charge in [0.1, 0.15) is 6.04 Å². The van der Waals surface area contributed by atoms with E-state index in [2.05, 4.69) is 4.74 Å². The van der Waals surface area contributed by atoms with E-state index in [0.29, 0.717) is 0 Å². The van der Waals surface area contributed by atoms with Crippen molar-refractivity contribution in [2.75, 3.05) is 6.61 Å². The van der Waals surface area contributed by atoms with Crippen LogP contribution in [0.15, 0.2) is 18.2 Å². The van der Waals surface area contributed by atoms with E-state index in [4.69, 9.17) is 28.9 Å². The van der Waals surface area contributed by atoms with Crippen LogP contribution in [-0.2, 0) is 9.53 Å². The van der Waals surface area contributed by atoms with Gasteiger partial charge >= 0.3 is 11.9 Å². The van der Waals surface area contributed by atoms with Gasteiger partial charge in [0.25, 0.3) is 0 Å². The van der Waals surface area contributed by atoms with Crippen molar-refractivity contribution in [2.45, 2.75) is 18.9 Å². The lowest BCUT2D eigenvalue weighted by atomic mass is 10.0. The number of hydrogen-bond acceptors (Lipinski definition) is 3. The molecule has 1 rings (SSSR count). The molecule has 0 heterocycles. The molecule has 0 aromatic heterocycles. The highest BCUT2D eigenvalue weighted by Gasteiger charge is 2.47. The average Bonchev–Trinajstić information content (AvgIpc) is 2.26. The van der Waals surface area contributed by atoms with Crippen LogP contribution < -0.4 is 5.73 Å². The molecule has 3 nitrogen and oxygen atoms in total. The molecule has 0 spiro atoms. The number of esters is 1. The third-order valence-electron chi connectivity index (χ3n) is 2.18. The van der Waals surface area contributed by atoms with E-state index >= 15 is 0 Å². The van der Waals surface area contributed by atoms with Gasteiger partial charge in [-0.2, -0.15) is 8.78 Å². The Morgan fingerprint density at radius 3 is 2.33 bits per heavy atom. The third kappa shape index (κ3) is 3.31. The van der Waals surface area contributed by atoms with Gasteiger partial charge in [-0.3, -0.25) is 0 Å². The van der Waals surface area contributed by atoms with Gasteiger partial charge in [-0.15, -0.1) is 0 Å². The number of hydrogen-bond donors (Lipinski definition) is 1. The van der Waals surface area contributed by atoms with Crippen LogP contribution in [0.25, 0.3) is 0 Å². The molecule has 1 atom stereocenters. The van der Waals surface area contributed by atoms with E-state index in [1.54, 1.807) is 0 Å². The normalized spacial score (nSPS) is 13.2. The molecule has 1 aromatic carbocycles. The summed E-state index contributed by atoms with van der Waals surface area (Å²) in [6, 6.07) is 1.96. The molecule has 0 aliphatic heterocycles. The first-order valence-corrected chi connectivity index (χ1v) is 5.81. The van der Waals surface area contributed by atoms with Gasteiger partial charge in [-0.25, -0.2) is 4.79 Å². The molecule has 7 heteroatoms. The lowest BCUT2D eigenvalue weighted by molar-refractivity contribution is -0.174. The number of carbonyl (C=O) groups excluding carboxylic acids is 1. The first-order chi connectivity index (χ1) is 8.28. The summed E-state index contributed by atoms with van der Waals surface area (Å²) >= 11 is 11.4. The Balaban J connectivity index is 3.04. The molecule has 18 heavy (non-hydrogen) atoms. The SMILES string of the molecule is CCOC(=O)C(F)(F)[C@H](N)c1cc(Cl)cc(Cl)c1. The fourth-order valence-corrected chi connectivity index (χ4v) is 1.86. The van der Waals surface area contributed by atoms with Crippen LogP contribution in [0.5, 0.6) is 0 Å². The second-order valence-electron chi connectivity index (χ2n) is 3.52. The zero-order chi connectivity index (χ0) is 13.9. The molecule has 0 fully saturated rings. The summed E-state index contributed by atoms with van der Waals surface area (Å²) < 4.78 is 31.6. The Morgan fingerprint density at radius 2 is 1.89 bits per heavy atom. The molecular formula is C11H11Cl2F2NO2. The van der Waals surface area contributed by atoms with Crippen molar-refractivity contribution in [3.8, 4) is 0 Å². The van der Waals surface area contributed by atoms with Crippen LogP contribution >= 0.6 is 23.2 Å². The summed E-state index contributed by atoms with van der Waals surface area (Å²) in [5, 5.41) is 0.320. The Hall–Kier alpha value is -0.910. The van der Waals surface area contributed by atoms with Gasteiger partial charge in [0.2, 0.25) is 0 Å². The summed E-state index contributed by atoms with van der Waals surface area (Å²) in [5.74, 6) is -5.52. The van der Waals surface area contributed by atoms with Crippen molar-refractivity contribution >= 4 is 29.2 Å². The minimum atomic E-state index is -3.84. The molecule has 0 amide bonds. The molecule has 1 aromatic rings. The van der Waals surface area contributed by atoms with Crippen molar-refractivity contribution in [2.24, 2.45) is 5.73 Å². The van der Waals surface area contributed by atoms with E-state index in [1.165, 1.54) is 25.1 Å². The number of carbonyl (C=O) groups is 1.